The van der Waals surface area contributed by atoms with Gasteiger partial charge in [0.25, 0.3) is 10.2 Å². The lowest BCUT2D eigenvalue weighted by Crippen LogP contribution is -2.49. The number of nitrogens with zero attached hydrogens (tertiary/aromatic N) is 1. The number of nitrogens with one attached hydrogen (secondary N) is 2. The molecule has 2 rings (SSSR count). The van der Waals surface area contributed by atoms with E-state index in [1.165, 1.54) is 12.8 Å². The Balaban J connectivity index is 1.82. The van der Waals surface area contributed by atoms with E-state index in [1.54, 1.807) is 4.31 Å². The topological polar surface area (TPSA) is 61.4 Å². The molecule has 20 heavy (non-hydrogen) atoms. The van der Waals surface area contributed by atoms with Gasteiger partial charge in [-0.25, -0.2) is 4.72 Å². The lowest BCUT2D eigenvalue weighted by atomic mass is 9.98. The van der Waals surface area contributed by atoms with E-state index < -0.39 is 10.2 Å². The average molecular weight is 303 g/mol. The van der Waals surface area contributed by atoms with Crippen LogP contribution in [0.15, 0.2) is 0 Å². The molecule has 0 radical (unpaired) electrons. The average Bonchev–Trinajstić information content (AvgIpc) is 3.18. The lowest BCUT2D eigenvalue weighted by molar-refractivity contribution is 0.255. The van der Waals surface area contributed by atoms with Crippen LogP contribution in [-0.4, -0.2) is 44.9 Å². The minimum atomic E-state index is -3.32. The van der Waals surface area contributed by atoms with Gasteiger partial charge in [0.15, 0.2) is 0 Å². The molecule has 0 aromatic heterocycles. The van der Waals surface area contributed by atoms with Gasteiger partial charge in [0.2, 0.25) is 0 Å². The highest BCUT2D eigenvalue weighted by molar-refractivity contribution is 7.87. The van der Waals surface area contributed by atoms with Crippen LogP contribution >= 0.6 is 0 Å². The van der Waals surface area contributed by atoms with Gasteiger partial charge in [-0.05, 0) is 43.6 Å². The Labute approximate surface area is 123 Å². The summed E-state index contributed by atoms with van der Waals surface area (Å²) in [4.78, 5) is 0. The summed E-state index contributed by atoms with van der Waals surface area (Å²) in [6.45, 7) is 8.85. The Morgan fingerprint density at radius 1 is 1.20 bits per heavy atom. The molecule has 1 heterocycles. The Kier molecular flexibility index (Phi) is 5.10. The second-order valence-electron chi connectivity index (χ2n) is 7.44. The second-order valence-corrected chi connectivity index (χ2v) is 9.19. The molecule has 1 saturated carbocycles. The third-order valence-electron chi connectivity index (χ3n) is 3.88. The smallest absolute Gasteiger partial charge is 0.279 e. The molecule has 2 fully saturated rings. The second kappa shape index (κ2) is 6.30. The van der Waals surface area contributed by atoms with Crippen molar-refractivity contribution in [1.29, 1.82) is 0 Å². The largest absolute Gasteiger partial charge is 0.314 e. The van der Waals surface area contributed by atoms with E-state index in [2.05, 4.69) is 10.0 Å². The summed E-state index contributed by atoms with van der Waals surface area (Å²) >= 11 is 0. The molecule has 0 bridgehead atoms. The summed E-state index contributed by atoms with van der Waals surface area (Å²) in [6, 6.07) is 0.695. The zero-order chi connectivity index (χ0) is 14.8. The van der Waals surface area contributed by atoms with Crippen molar-refractivity contribution in [2.75, 3.05) is 26.2 Å². The van der Waals surface area contributed by atoms with Crippen molar-refractivity contribution in [3.8, 4) is 0 Å². The quantitative estimate of drug-likeness (QED) is 0.778. The summed E-state index contributed by atoms with van der Waals surface area (Å²) in [5, 5.41) is 3.51. The lowest BCUT2D eigenvalue weighted by Gasteiger charge is -2.33. The van der Waals surface area contributed by atoms with Crippen molar-refractivity contribution in [3.05, 3.63) is 0 Å². The molecular weight excluding hydrogens is 274 g/mol. The highest BCUT2D eigenvalue weighted by Gasteiger charge is 2.30. The van der Waals surface area contributed by atoms with Crippen LogP contribution in [0, 0.1) is 11.3 Å². The Hall–Kier alpha value is -0.170. The molecule has 1 saturated heterocycles. The molecule has 0 aromatic carbocycles. The van der Waals surface area contributed by atoms with E-state index in [0.717, 1.165) is 19.4 Å². The first-order valence-corrected chi connectivity index (χ1v) is 9.18. The first-order valence-electron chi connectivity index (χ1n) is 7.74. The van der Waals surface area contributed by atoms with E-state index in [9.17, 15) is 8.42 Å². The molecule has 2 N–H and O–H groups in total. The van der Waals surface area contributed by atoms with Gasteiger partial charge in [0, 0.05) is 25.7 Å². The van der Waals surface area contributed by atoms with Crippen LogP contribution in [0.1, 0.15) is 46.5 Å². The summed E-state index contributed by atoms with van der Waals surface area (Å²) < 4.78 is 29.0. The maximum absolute atomic E-state index is 12.3. The van der Waals surface area contributed by atoms with Crippen LogP contribution in [0.25, 0.3) is 0 Å². The standard InChI is InChI=1S/C14H29N3O2S/c1-14(2,3)11-16-20(18,19)17-8-4-5-12(10-17)9-15-13-6-7-13/h12-13,15-16H,4-11H2,1-3H3. The van der Waals surface area contributed by atoms with Crippen LogP contribution < -0.4 is 10.0 Å². The highest BCUT2D eigenvalue weighted by atomic mass is 32.2. The molecule has 1 aliphatic heterocycles. The predicted molar refractivity (Wildman–Crippen MR) is 81.7 cm³/mol. The summed E-state index contributed by atoms with van der Waals surface area (Å²) in [5.74, 6) is 0.454. The number of piperidine rings is 1. The van der Waals surface area contributed by atoms with Crippen molar-refractivity contribution in [3.63, 3.8) is 0 Å². The highest BCUT2D eigenvalue weighted by Crippen LogP contribution is 2.22. The molecule has 5 nitrogen and oxygen atoms in total. The minimum absolute atomic E-state index is 0.0320. The molecule has 118 valence electrons. The summed E-state index contributed by atoms with van der Waals surface area (Å²) in [6.07, 6.45) is 4.65. The van der Waals surface area contributed by atoms with Crippen molar-refractivity contribution < 1.29 is 8.42 Å². The van der Waals surface area contributed by atoms with Gasteiger partial charge in [-0.1, -0.05) is 20.8 Å². The van der Waals surface area contributed by atoms with Crippen molar-refractivity contribution in [2.45, 2.75) is 52.5 Å². The molecule has 1 aliphatic carbocycles. The van der Waals surface area contributed by atoms with E-state index in [0.29, 0.717) is 31.6 Å². The van der Waals surface area contributed by atoms with Crippen LogP contribution in [0.2, 0.25) is 0 Å². The molecule has 0 spiro atoms. The molecule has 6 heteroatoms. The number of hydrogen-bond acceptors (Lipinski definition) is 3. The van der Waals surface area contributed by atoms with Crippen LogP contribution in [0.3, 0.4) is 0 Å². The normalized spacial score (nSPS) is 25.9. The summed E-state index contributed by atoms with van der Waals surface area (Å²) in [7, 11) is -3.32. The van der Waals surface area contributed by atoms with Gasteiger partial charge in [-0.2, -0.15) is 12.7 Å². The van der Waals surface area contributed by atoms with Gasteiger partial charge >= 0.3 is 0 Å². The predicted octanol–water partition coefficient (Wildman–Crippen LogP) is 1.33. The molecule has 1 atom stereocenters. The van der Waals surface area contributed by atoms with Gasteiger partial charge < -0.3 is 5.32 Å². The van der Waals surface area contributed by atoms with E-state index >= 15 is 0 Å². The fraction of sp³-hybridized carbons (Fsp3) is 1.00. The van der Waals surface area contributed by atoms with E-state index in [4.69, 9.17) is 0 Å². The summed E-state index contributed by atoms with van der Waals surface area (Å²) in [5.41, 5.74) is -0.0320. The Bertz CT molecular complexity index is 413. The minimum Gasteiger partial charge on any atom is -0.314 e. The zero-order valence-electron chi connectivity index (χ0n) is 13.0. The molecule has 1 unspecified atom stereocenters. The molecule has 2 aliphatic rings. The Morgan fingerprint density at radius 2 is 1.90 bits per heavy atom. The van der Waals surface area contributed by atoms with Crippen molar-refractivity contribution in [1.82, 2.24) is 14.3 Å². The van der Waals surface area contributed by atoms with Crippen LogP contribution in [0.5, 0.6) is 0 Å². The van der Waals surface area contributed by atoms with Gasteiger partial charge in [0.1, 0.15) is 0 Å². The number of rotatable bonds is 6. The third kappa shape index (κ3) is 5.31. The molecule has 0 amide bonds. The van der Waals surface area contributed by atoms with E-state index in [-0.39, 0.29) is 5.41 Å². The maximum Gasteiger partial charge on any atom is 0.279 e. The van der Waals surface area contributed by atoms with Gasteiger partial charge in [-0.3, -0.25) is 0 Å². The SMILES string of the molecule is CC(C)(C)CNS(=O)(=O)N1CCCC(CNC2CC2)C1. The first-order chi connectivity index (χ1) is 9.26. The number of hydrogen-bond donors (Lipinski definition) is 2. The monoisotopic (exact) mass is 303 g/mol. The Morgan fingerprint density at radius 3 is 2.50 bits per heavy atom. The third-order valence-corrected chi connectivity index (χ3v) is 5.40. The maximum atomic E-state index is 12.3. The van der Waals surface area contributed by atoms with Crippen molar-refractivity contribution in [2.24, 2.45) is 11.3 Å². The molecule has 0 aromatic rings. The first kappa shape index (κ1) is 16.2. The fourth-order valence-electron chi connectivity index (χ4n) is 2.43. The van der Waals surface area contributed by atoms with Crippen LogP contribution in [-0.2, 0) is 10.2 Å². The van der Waals surface area contributed by atoms with E-state index in [1.807, 2.05) is 20.8 Å². The van der Waals surface area contributed by atoms with Gasteiger partial charge in [0.05, 0.1) is 0 Å². The fourth-order valence-corrected chi connectivity index (χ4v) is 4.01. The van der Waals surface area contributed by atoms with Gasteiger partial charge in [-0.15, -0.1) is 0 Å². The molecular formula is C14H29N3O2S. The van der Waals surface area contributed by atoms with Crippen molar-refractivity contribution >= 4 is 10.2 Å². The zero-order valence-corrected chi connectivity index (χ0v) is 13.8. The van der Waals surface area contributed by atoms with Crippen LogP contribution in [0.4, 0.5) is 0 Å².